The molecule has 3 amide bonds. The normalized spacial score (nSPS) is 23.0. The van der Waals surface area contributed by atoms with Crippen LogP contribution in [0.2, 0.25) is 31.4 Å². The fourth-order valence-electron chi connectivity index (χ4n) is 17.4. The fraction of sp³-hybridized carbons (Fsp3) is 0.652. The van der Waals surface area contributed by atoms with Crippen molar-refractivity contribution in [3.05, 3.63) is 87.7 Å². The first-order chi connectivity index (χ1) is 65.3. The molecule has 6 aliphatic heterocycles. The first-order valence-corrected chi connectivity index (χ1v) is 52.1. The minimum Gasteiger partial charge on any atom is -0.462 e. The van der Waals surface area contributed by atoms with Gasteiger partial charge in [0.25, 0.3) is 0 Å². The van der Waals surface area contributed by atoms with Crippen molar-refractivity contribution in [3.63, 3.8) is 0 Å². The number of piperidine rings is 1. The summed E-state index contributed by atoms with van der Waals surface area (Å²) in [5.74, 6) is 2.18. The third kappa shape index (κ3) is 30.9. The number of nitrogens with zero attached hydrogens (tertiary/aromatic N) is 22. The van der Waals surface area contributed by atoms with Crippen molar-refractivity contribution in [3.8, 4) is 30.3 Å². The lowest BCUT2D eigenvalue weighted by Crippen LogP contribution is -2.56. The van der Waals surface area contributed by atoms with Crippen LogP contribution >= 0.6 is 133 Å². The molecule has 10 atom stereocenters. The van der Waals surface area contributed by atoms with Crippen LogP contribution in [0.15, 0.2) is 0 Å². The Hall–Kier alpha value is -7.78. The molecule has 11 heterocycles. The summed E-state index contributed by atoms with van der Waals surface area (Å²) in [4.78, 5) is 155. The van der Waals surface area contributed by atoms with Crippen LogP contribution in [0.25, 0.3) is 0 Å². The van der Waals surface area contributed by atoms with E-state index in [1.54, 1.807) is 14.7 Å². The van der Waals surface area contributed by atoms with Crippen LogP contribution in [-0.2, 0) is 46.3 Å². The van der Waals surface area contributed by atoms with Crippen LogP contribution in [0.3, 0.4) is 0 Å². The summed E-state index contributed by atoms with van der Waals surface area (Å²) in [7, 11) is 4.15. The zero-order valence-corrected chi connectivity index (χ0v) is 90.1. The number of aliphatic hydroxyl groups is 1. The van der Waals surface area contributed by atoms with E-state index >= 15 is 0 Å². The number of nitriles is 4. The number of likely N-dealkylation sites (N-methyl/N-ethyl adjacent to an activating group) is 2. The number of ether oxygens (including phenoxy) is 4. The lowest BCUT2D eigenvalue weighted by molar-refractivity contribution is 0.0134. The second-order valence-electron chi connectivity index (χ2n) is 38.0. The van der Waals surface area contributed by atoms with Crippen molar-refractivity contribution in [1.29, 1.82) is 21.0 Å². The molecule has 5 aromatic rings. The third-order valence-corrected chi connectivity index (χ3v) is 29.2. The van der Waals surface area contributed by atoms with Gasteiger partial charge in [-0.05, 0) is 258 Å². The summed E-state index contributed by atoms with van der Waals surface area (Å²) in [5.41, 5.74) is 3.79. The number of aromatic nitrogens is 10. The summed E-state index contributed by atoms with van der Waals surface area (Å²) in [6.07, 6.45) is 14.5. The van der Waals surface area contributed by atoms with Gasteiger partial charge in [0.15, 0.2) is 28.9 Å². The lowest BCUT2D eigenvalue weighted by Gasteiger charge is -2.42. The van der Waals surface area contributed by atoms with E-state index < -0.39 is 35.1 Å². The maximum Gasteiger partial charge on any atom is 0.410 e. The Morgan fingerprint density at radius 1 is 0.406 bits per heavy atom. The van der Waals surface area contributed by atoms with Gasteiger partial charge in [0.2, 0.25) is 21.1 Å². The molecule has 0 saturated carbocycles. The van der Waals surface area contributed by atoms with Crippen molar-refractivity contribution in [1.82, 2.24) is 79.7 Å². The van der Waals surface area contributed by atoms with Gasteiger partial charge in [-0.1, -0.05) is 86.9 Å². The number of halogens is 10. The Labute approximate surface area is 868 Å². The fourth-order valence-corrected chi connectivity index (χ4v) is 20.5. The van der Waals surface area contributed by atoms with E-state index in [4.69, 9.17) is 104 Å². The summed E-state index contributed by atoms with van der Waals surface area (Å²) < 4.78 is 22.6. The number of anilines is 3. The Morgan fingerprint density at radius 3 is 1.10 bits per heavy atom. The number of hydrogen-bond donors (Lipinski definition) is 2. The Kier molecular flexibility index (Phi) is 41.8. The highest BCUT2D eigenvalue weighted by molar-refractivity contribution is 9.10. The number of fused-ring (bicyclic) bond motifs is 5. The molecule has 6 fully saturated rings. The van der Waals surface area contributed by atoms with Gasteiger partial charge >= 0.3 is 24.3 Å². The Balaban J connectivity index is 0.000000176. The van der Waals surface area contributed by atoms with E-state index in [9.17, 15) is 54.1 Å². The topological polar surface area (TPSA) is 456 Å². The minimum absolute atomic E-state index is 0.00690. The molecule has 36 nitrogen and oxygen atoms in total. The molecule has 6 saturated heterocycles. The SMILES string of the molecule is CC(C)(C)OC(=O)N1CCN(c2nc(Cl)nc3c2CCC(Br)C3=O)CC1CC#N.CC(C)(C)OC(=O)N1CCN(c2nc(Cl)nc3c2CCC(Br)C3=O)CC1CC#N.CN1CCCC1CO.CN1CCCC1COc1nc2c(c(N3CCN(C(=O)OC(C)(C)C)C(CC#N)C3)n1)CCC(Br)C2=O.N#CCC1CCCNC1.O=C1CCCc2c(Cl)nc(Cl)nc21.O=C1c2nc(Cl)nc(Cl)c2CCC1Br. The van der Waals surface area contributed by atoms with Gasteiger partial charge in [-0.3, -0.25) is 24.0 Å². The van der Waals surface area contributed by atoms with Crippen molar-refractivity contribution in [2.45, 2.75) is 263 Å². The summed E-state index contributed by atoms with van der Waals surface area (Å²) in [6.45, 7) is 25.4. The molecular formula is C92H117Br4Cl6N23O13. The number of ketones is 5. The van der Waals surface area contributed by atoms with E-state index in [1.165, 1.54) is 25.7 Å². The zero-order chi connectivity index (χ0) is 101. The number of likely N-dealkylation sites (tertiary alicyclic amines) is 2. The molecule has 748 valence electrons. The molecule has 0 bridgehead atoms. The number of alkyl halides is 4. The lowest BCUT2D eigenvalue weighted by atomic mass is 9.94. The molecule has 0 spiro atoms. The predicted octanol–water partition coefficient (Wildman–Crippen LogP) is 15.9. The molecule has 0 aromatic carbocycles. The van der Waals surface area contributed by atoms with E-state index in [-0.39, 0.29) is 118 Å². The summed E-state index contributed by atoms with van der Waals surface area (Å²) >= 11 is 48.6. The van der Waals surface area contributed by atoms with Gasteiger partial charge in [-0.2, -0.15) is 31.0 Å². The minimum atomic E-state index is -0.622. The van der Waals surface area contributed by atoms with Crippen LogP contribution in [-0.4, -0.2) is 305 Å². The Bertz CT molecular complexity index is 5260. The maximum absolute atomic E-state index is 13.0. The van der Waals surface area contributed by atoms with Gasteiger partial charge in [0.1, 0.15) is 79.6 Å². The second kappa shape index (κ2) is 51.4. The number of Topliss-reactive ketones (excluding diaryl/α,β-unsaturated/α-hetero) is 5. The number of hydrogen-bond acceptors (Lipinski definition) is 33. The zero-order valence-electron chi connectivity index (χ0n) is 79.2. The van der Waals surface area contributed by atoms with Crippen LogP contribution in [0.5, 0.6) is 6.01 Å². The highest BCUT2D eigenvalue weighted by Crippen LogP contribution is 2.40. The van der Waals surface area contributed by atoms with Crippen LogP contribution < -0.4 is 24.8 Å². The number of piperazine rings is 3. The number of nitrogens with one attached hydrogen (secondary N) is 1. The van der Waals surface area contributed by atoms with Crippen molar-refractivity contribution in [2.75, 3.05) is 127 Å². The van der Waals surface area contributed by atoms with E-state index in [0.717, 1.165) is 87.0 Å². The van der Waals surface area contributed by atoms with Gasteiger partial charge in [0, 0.05) is 112 Å². The Morgan fingerprint density at radius 2 is 0.754 bits per heavy atom. The number of carbonyl (C=O) groups is 8. The predicted molar refractivity (Wildman–Crippen MR) is 536 cm³/mol. The maximum atomic E-state index is 13.0. The summed E-state index contributed by atoms with van der Waals surface area (Å²) in [6, 6.07) is 8.59. The number of carbonyl (C=O) groups excluding carboxylic acids is 8. The highest BCUT2D eigenvalue weighted by Gasteiger charge is 2.43. The first-order valence-electron chi connectivity index (χ1n) is 46.1. The average molecular weight is 2290 g/mol. The van der Waals surface area contributed by atoms with Crippen molar-refractivity contribution < 1.29 is 62.4 Å². The summed E-state index contributed by atoms with van der Waals surface area (Å²) in [5, 5.41) is 49.0. The number of aliphatic hydroxyl groups excluding tert-OH is 1. The van der Waals surface area contributed by atoms with Gasteiger partial charge in [-0.25, -0.2) is 54.3 Å². The molecular weight excluding hydrogens is 2170 g/mol. The molecule has 0 radical (unpaired) electrons. The van der Waals surface area contributed by atoms with Crippen molar-refractivity contribution in [2.24, 2.45) is 5.92 Å². The third-order valence-electron chi connectivity index (χ3n) is 24.4. The molecule has 11 aliphatic rings. The molecule has 10 unspecified atom stereocenters. The molecule has 2 N–H and O–H groups in total. The van der Waals surface area contributed by atoms with E-state index in [0.29, 0.717) is 198 Å². The average Bonchev–Trinajstić information content (AvgIpc) is 1.16. The second-order valence-corrected chi connectivity index (χ2v) is 44.4. The van der Waals surface area contributed by atoms with Gasteiger partial charge in [0.05, 0.1) is 87.6 Å². The molecule has 5 aliphatic carbocycles. The highest BCUT2D eigenvalue weighted by atomic mass is 79.9. The standard InChI is InChI=1S/C25H35BrN6O4.2C19H23BrClN5O3.C8H5BrCl2N2O.C8H6Cl2N2O.C7H12N2.C6H13NO/c1-25(2,3)36-24(34)32-13-12-31(14-16(32)9-10-27)22-18-7-8-19(26)21(33)20(18)28-23(29-22)35-15-17-6-5-11-30(17)4;2*1-19(2,3)29-18(28)26-9-8-25(10-11(26)6-7-22)16-12-4-5-13(20)15(27)14(12)23-17(21)24-16;9-4-2-1-3-5(6(4)14)12-8(11)13-7(3)10;9-7-4-2-1-3-5(13)6(4)11-8(10)12-7;8-4-3-7-2-1-5-9-6-7;1-7-4-2-3-6(7)5-8/h16-17,19H,5-9,11-15H2,1-4H3;2*11,13H,4-6,8-10H2,1-3H3;4H,1-2H2;1-3H2;7,9H,1-3,5-6H2;6,8H,2-5H2,1H3. The number of rotatable bonds is 11. The monoisotopic (exact) mass is 2280 g/mol. The number of amides is 3. The van der Waals surface area contributed by atoms with Crippen molar-refractivity contribution >= 4 is 198 Å². The molecule has 138 heavy (non-hydrogen) atoms. The van der Waals surface area contributed by atoms with E-state index in [2.05, 4.69) is 167 Å². The largest absolute Gasteiger partial charge is 0.462 e. The quantitative estimate of drug-likeness (QED) is 0.0537. The van der Waals surface area contributed by atoms with Gasteiger partial charge < -0.3 is 68.6 Å². The first kappa shape index (κ1) is 112. The smallest absolute Gasteiger partial charge is 0.410 e. The van der Waals surface area contributed by atoms with Crippen LogP contribution in [0.1, 0.15) is 245 Å². The molecule has 46 heteroatoms. The van der Waals surface area contributed by atoms with Gasteiger partial charge in [-0.15, -0.1) is 0 Å². The molecule has 5 aromatic heterocycles. The van der Waals surface area contributed by atoms with Crippen LogP contribution in [0.4, 0.5) is 31.8 Å². The van der Waals surface area contributed by atoms with E-state index in [1.807, 2.05) is 72.1 Å². The van der Waals surface area contributed by atoms with Crippen LogP contribution in [0, 0.1) is 51.2 Å². The molecule has 16 rings (SSSR count).